The maximum absolute atomic E-state index is 3.46. The molecule has 0 N–H and O–H groups in total. The van der Waals surface area contributed by atoms with Crippen LogP contribution in [0.1, 0.15) is 33.6 Å². The fourth-order valence-electron chi connectivity index (χ4n) is 0.665. The van der Waals surface area contributed by atoms with Gasteiger partial charge in [-0.25, -0.2) is 0 Å². The lowest BCUT2D eigenvalue weighted by Gasteiger charge is -2.02. The van der Waals surface area contributed by atoms with Crippen molar-refractivity contribution in [3.8, 4) is 0 Å². The Balaban J connectivity index is 3.33. The van der Waals surface area contributed by atoms with Gasteiger partial charge in [-0.15, -0.1) is 0 Å². The smallest absolute Gasteiger partial charge is 0.0297 e. The molecule has 0 amide bonds. The lowest BCUT2D eigenvalue weighted by Crippen LogP contribution is -1.89. The van der Waals surface area contributed by atoms with E-state index in [1.165, 1.54) is 12.8 Å². The first-order valence-corrected chi connectivity index (χ1v) is 4.89. The highest BCUT2D eigenvalue weighted by atomic mass is 79.9. The van der Waals surface area contributed by atoms with E-state index in [0.29, 0.717) is 4.83 Å². The van der Waals surface area contributed by atoms with Crippen molar-refractivity contribution in [1.82, 2.24) is 0 Å². The van der Waals surface area contributed by atoms with Gasteiger partial charge in [0.05, 0.1) is 0 Å². The van der Waals surface area contributed by atoms with Crippen LogP contribution in [0.4, 0.5) is 0 Å². The van der Waals surface area contributed by atoms with Crippen molar-refractivity contribution in [1.29, 1.82) is 0 Å². The molecule has 0 aliphatic carbocycles. The third-order valence-electron chi connectivity index (χ3n) is 1.64. The Morgan fingerprint density at radius 3 is 2.40 bits per heavy atom. The van der Waals surface area contributed by atoms with Gasteiger partial charge in [0.1, 0.15) is 0 Å². The van der Waals surface area contributed by atoms with Crippen LogP contribution in [0, 0.1) is 5.92 Å². The average Bonchev–Trinajstić information content (AvgIpc) is 1.87. The molecule has 0 saturated carbocycles. The monoisotopic (exact) mass is 204 g/mol. The van der Waals surface area contributed by atoms with E-state index >= 15 is 0 Å². The molecule has 0 bridgehead atoms. The van der Waals surface area contributed by atoms with E-state index in [2.05, 4.69) is 48.9 Å². The molecular formula is C9H17Br. The predicted molar refractivity (Wildman–Crippen MR) is 51.6 cm³/mol. The second-order valence-corrected chi connectivity index (χ2v) is 4.30. The van der Waals surface area contributed by atoms with Gasteiger partial charge in [-0.3, -0.25) is 0 Å². The second kappa shape index (κ2) is 5.96. The van der Waals surface area contributed by atoms with Gasteiger partial charge < -0.3 is 0 Å². The summed E-state index contributed by atoms with van der Waals surface area (Å²) in [4.78, 5) is 0.525. The summed E-state index contributed by atoms with van der Waals surface area (Å²) in [7, 11) is 0. The quantitative estimate of drug-likeness (QED) is 0.484. The molecule has 0 aromatic heterocycles. The highest BCUT2D eigenvalue weighted by Crippen LogP contribution is 2.08. The molecule has 0 heterocycles. The van der Waals surface area contributed by atoms with E-state index in [1.807, 2.05) is 0 Å². The van der Waals surface area contributed by atoms with Gasteiger partial charge in [0.25, 0.3) is 0 Å². The van der Waals surface area contributed by atoms with E-state index in [0.717, 1.165) is 5.92 Å². The lowest BCUT2D eigenvalue weighted by atomic mass is 10.1. The molecule has 0 nitrogen and oxygen atoms in total. The molecule has 0 spiro atoms. The normalized spacial score (nSPS) is 17.6. The van der Waals surface area contributed by atoms with Crippen LogP contribution in [0.5, 0.6) is 0 Å². The van der Waals surface area contributed by atoms with Gasteiger partial charge in [0, 0.05) is 4.83 Å². The molecule has 0 aliphatic rings. The molecule has 60 valence electrons. The van der Waals surface area contributed by atoms with Gasteiger partial charge in [0.15, 0.2) is 0 Å². The fraction of sp³-hybridized carbons (Fsp3) is 0.778. The third kappa shape index (κ3) is 6.34. The van der Waals surface area contributed by atoms with E-state index < -0.39 is 0 Å². The highest BCUT2D eigenvalue weighted by molar-refractivity contribution is 9.09. The Kier molecular flexibility index (Phi) is 6.10. The summed E-state index contributed by atoms with van der Waals surface area (Å²) in [5.41, 5.74) is 0. The molecular weight excluding hydrogens is 188 g/mol. The summed E-state index contributed by atoms with van der Waals surface area (Å²) in [5, 5.41) is 0. The second-order valence-electron chi connectivity index (χ2n) is 2.85. The molecule has 0 rings (SSSR count). The van der Waals surface area contributed by atoms with Crippen molar-refractivity contribution in [3.05, 3.63) is 12.2 Å². The van der Waals surface area contributed by atoms with E-state index in [9.17, 15) is 0 Å². The largest absolute Gasteiger partial charge is 0.0872 e. The Morgan fingerprint density at radius 1 is 1.40 bits per heavy atom. The van der Waals surface area contributed by atoms with Crippen LogP contribution in [-0.4, -0.2) is 4.83 Å². The number of rotatable bonds is 4. The lowest BCUT2D eigenvalue weighted by molar-refractivity contribution is 0.571. The van der Waals surface area contributed by atoms with Gasteiger partial charge in [-0.1, -0.05) is 48.4 Å². The zero-order chi connectivity index (χ0) is 7.98. The number of allylic oxidation sites excluding steroid dienone is 2. The first-order valence-electron chi connectivity index (χ1n) is 3.97. The van der Waals surface area contributed by atoms with E-state index in [4.69, 9.17) is 0 Å². The first kappa shape index (κ1) is 10.2. The van der Waals surface area contributed by atoms with Crippen molar-refractivity contribution in [3.63, 3.8) is 0 Å². The molecule has 10 heavy (non-hydrogen) atoms. The fourth-order valence-corrected chi connectivity index (χ4v) is 0.881. The Bertz CT molecular complexity index is 94.9. The summed E-state index contributed by atoms with van der Waals surface area (Å²) in [5.74, 6) is 0.836. The van der Waals surface area contributed by atoms with Gasteiger partial charge in [-0.05, 0) is 19.3 Å². The molecule has 0 aromatic carbocycles. The minimum Gasteiger partial charge on any atom is -0.0872 e. The van der Waals surface area contributed by atoms with Gasteiger partial charge in [0.2, 0.25) is 0 Å². The zero-order valence-electron chi connectivity index (χ0n) is 7.10. The molecule has 0 saturated heterocycles. The standard InChI is InChI=1S/C9H17Br/c1-4-8(2)6-5-7-9(3)10/h5,7-9H,4,6H2,1-3H3/b7-5+. The number of alkyl halides is 1. The van der Waals surface area contributed by atoms with Crippen LogP contribution in [-0.2, 0) is 0 Å². The average molecular weight is 205 g/mol. The summed E-state index contributed by atoms with van der Waals surface area (Å²) in [6.45, 7) is 6.65. The summed E-state index contributed by atoms with van der Waals surface area (Å²) in [6, 6.07) is 0. The maximum Gasteiger partial charge on any atom is 0.0297 e. The van der Waals surface area contributed by atoms with Crippen LogP contribution >= 0.6 is 15.9 Å². The Labute approximate surface area is 72.8 Å². The van der Waals surface area contributed by atoms with E-state index in [1.54, 1.807) is 0 Å². The van der Waals surface area contributed by atoms with Crippen molar-refractivity contribution in [2.45, 2.75) is 38.4 Å². The molecule has 2 unspecified atom stereocenters. The Morgan fingerprint density at radius 2 is 2.00 bits per heavy atom. The number of hydrogen-bond acceptors (Lipinski definition) is 0. The minimum atomic E-state index is 0.525. The highest BCUT2D eigenvalue weighted by Gasteiger charge is 1.93. The molecule has 0 aliphatic heterocycles. The van der Waals surface area contributed by atoms with Crippen LogP contribution in [0.25, 0.3) is 0 Å². The van der Waals surface area contributed by atoms with E-state index in [-0.39, 0.29) is 0 Å². The van der Waals surface area contributed by atoms with Crippen molar-refractivity contribution < 1.29 is 0 Å². The van der Waals surface area contributed by atoms with Gasteiger partial charge >= 0.3 is 0 Å². The van der Waals surface area contributed by atoms with Crippen molar-refractivity contribution in [2.24, 2.45) is 5.92 Å². The summed E-state index contributed by atoms with van der Waals surface area (Å²) < 4.78 is 0. The Hall–Kier alpha value is 0.220. The van der Waals surface area contributed by atoms with Crippen molar-refractivity contribution >= 4 is 15.9 Å². The van der Waals surface area contributed by atoms with Crippen LogP contribution in [0.2, 0.25) is 0 Å². The number of hydrogen-bond donors (Lipinski definition) is 0. The molecule has 0 fully saturated rings. The van der Waals surface area contributed by atoms with Crippen LogP contribution in [0.15, 0.2) is 12.2 Å². The van der Waals surface area contributed by atoms with Crippen LogP contribution in [0.3, 0.4) is 0 Å². The molecule has 1 heteroatoms. The SMILES string of the molecule is CCC(C)C/C=C/C(C)Br. The summed E-state index contributed by atoms with van der Waals surface area (Å²) in [6.07, 6.45) is 6.95. The molecule has 0 aromatic rings. The predicted octanol–water partition coefficient (Wildman–Crippen LogP) is 3.76. The topological polar surface area (TPSA) is 0 Å². The van der Waals surface area contributed by atoms with Crippen molar-refractivity contribution in [2.75, 3.05) is 0 Å². The minimum absolute atomic E-state index is 0.525. The molecule has 0 radical (unpaired) electrons. The van der Waals surface area contributed by atoms with Crippen LogP contribution < -0.4 is 0 Å². The summed E-state index contributed by atoms with van der Waals surface area (Å²) >= 11 is 3.46. The first-order chi connectivity index (χ1) is 4.66. The third-order valence-corrected chi connectivity index (χ3v) is 1.94. The van der Waals surface area contributed by atoms with Gasteiger partial charge in [-0.2, -0.15) is 0 Å². The molecule has 2 atom stereocenters. The number of halogens is 1. The zero-order valence-corrected chi connectivity index (χ0v) is 8.69. The maximum atomic E-state index is 3.46.